The van der Waals surface area contributed by atoms with Crippen LogP contribution in [-0.4, -0.2) is 22.4 Å². The fourth-order valence-corrected chi connectivity index (χ4v) is 2.95. The van der Waals surface area contributed by atoms with Crippen LogP contribution in [0.15, 0.2) is 33.7 Å². The largest absolute Gasteiger partial charge is 0.338 e. The molecule has 0 spiro atoms. The summed E-state index contributed by atoms with van der Waals surface area (Å²) in [5, 5.41) is 7.54. The van der Waals surface area contributed by atoms with Crippen molar-refractivity contribution in [3.05, 3.63) is 30.2 Å². The fraction of sp³-hybridized carbons (Fsp3) is 0.467. The van der Waals surface area contributed by atoms with E-state index in [1.807, 2.05) is 12.1 Å². The van der Waals surface area contributed by atoms with E-state index >= 15 is 0 Å². The molecular formula is C15H19N3OS. The Balaban J connectivity index is 1.62. The quantitative estimate of drug-likeness (QED) is 0.854. The Labute approximate surface area is 123 Å². The van der Waals surface area contributed by atoms with Crippen LogP contribution in [0.2, 0.25) is 0 Å². The van der Waals surface area contributed by atoms with Gasteiger partial charge in [0.25, 0.3) is 0 Å². The van der Waals surface area contributed by atoms with Gasteiger partial charge in [0.15, 0.2) is 0 Å². The lowest BCUT2D eigenvalue weighted by atomic mass is 10.2. The van der Waals surface area contributed by atoms with E-state index in [1.165, 1.54) is 30.6 Å². The number of thioether (sulfide) groups is 1. The van der Waals surface area contributed by atoms with Gasteiger partial charge in [0.1, 0.15) is 0 Å². The van der Waals surface area contributed by atoms with Gasteiger partial charge in [0.2, 0.25) is 11.7 Å². The van der Waals surface area contributed by atoms with Crippen molar-refractivity contribution in [1.82, 2.24) is 15.5 Å². The summed E-state index contributed by atoms with van der Waals surface area (Å²) < 4.78 is 5.31. The third kappa shape index (κ3) is 3.22. The van der Waals surface area contributed by atoms with Crippen LogP contribution >= 0.6 is 11.8 Å². The molecule has 1 aliphatic carbocycles. The standard InChI is InChI=1S/C15H19N3OS/c1-20-13-8-6-11(7-9-13)15-17-14(19-18-15)10-16-12-4-2-3-5-12/h6-9,12,16H,2-5,10H2,1H3. The molecule has 106 valence electrons. The normalized spacial score (nSPS) is 15.8. The van der Waals surface area contributed by atoms with Crippen molar-refractivity contribution in [2.75, 3.05) is 6.26 Å². The molecule has 0 aliphatic heterocycles. The van der Waals surface area contributed by atoms with Crippen molar-refractivity contribution in [2.24, 2.45) is 0 Å². The van der Waals surface area contributed by atoms with Crippen LogP contribution in [0.4, 0.5) is 0 Å². The molecule has 3 rings (SSSR count). The molecule has 1 N–H and O–H groups in total. The first-order chi connectivity index (χ1) is 9.85. The molecule has 4 nitrogen and oxygen atoms in total. The molecule has 0 bridgehead atoms. The highest BCUT2D eigenvalue weighted by Gasteiger charge is 2.15. The smallest absolute Gasteiger partial charge is 0.240 e. The van der Waals surface area contributed by atoms with Crippen molar-refractivity contribution in [3.8, 4) is 11.4 Å². The van der Waals surface area contributed by atoms with E-state index in [0.717, 1.165) is 5.56 Å². The van der Waals surface area contributed by atoms with Gasteiger partial charge >= 0.3 is 0 Å². The van der Waals surface area contributed by atoms with Crippen molar-refractivity contribution >= 4 is 11.8 Å². The van der Waals surface area contributed by atoms with E-state index in [-0.39, 0.29) is 0 Å². The Morgan fingerprint density at radius 1 is 1.25 bits per heavy atom. The minimum atomic E-state index is 0.617. The SMILES string of the molecule is CSc1ccc(-c2noc(CNC3CCCC3)n2)cc1. The topological polar surface area (TPSA) is 51.0 Å². The summed E-state index contributed by atoms with van der Waals surface area (Å²) in [6, 6.07) is 8.83. The van der Waals surface area contributed by atoms with E-state index < -0.39 is 0 Å². The van der Waals surface area contributed by atoms with Crippen molar-refractivity contribution in [2.45, 2.75) is 43.2 Å². The van der Waals surface area contributed by atoms with E-state index in [4.69, 9.17) is 4.52 Å². The van der Waals surface area contributed by atoms with E-state index in [1.54, 1.807) is 11.8 Å². The zero-order valence-corrected chi connectivity index (χ0v) is 12.4. The molecule has 1 aromatic heterocycles. The molecule has 1 fully saturated rings. The summed E-state index contributed by atoms with van der Waals surface area (Å²) in [6.07, 6.45) is 7.24. The van der Waals surface area contributed by atoms with Gasteiger partial charge in [-0.25, -0.2) is 0 Å². The predicted molar refractivity (Wildman–Crippen MR) is 80.6 cm³/mol. The molecule has 5 heteroatoms. The predicted octanol–water partition coefficient (Wildman–Crippen LogP) is 3.49. The van der Waals surface area contributed by atoms with Crippen LogP contribution in [0.3, 0.4) is 0 Å². The van der Waals surface area contributed by atoms with Gasteiger partial charge in [-0.3, -0.25) is 0 Å². The van der Waals surface area contributed by atoms with Crippen LogP contribution in [0.25, 0.3) is 11.4 Å². The molecular weight excluding hydrogens is 270 g/mol. The summed E-state index contributed by atoms with van der Waals surface area (Å²) in [5.74, 6) is 1.33. The number of hydrogen-bond acceptors (Lipinski definition) is 5. The molecule has 0 saturated heterocycles. The Bertz CT molecular complexity index is 547. The molecule has 20 heavy (non-hydrogen) atoms. The number of hydrogen-bond donors (Lipinski definition) is 1. The van der Waals surface area contributed by atoms with Gasteiger partial charge < -0.3 is 9.84 Å². The third-order valence-corrected chi connectivity index (χ3v) is 4.46. The lowest BCUT2D eigenvalue weighted by Crippen LogP contribution is -2.25. The number of aromatic nitrogens is 2. The zero-order valence-electron chi connectivity index (χ0n) is 11.6. The van der Waals surface area contributed by atoms with Crippen LogP contribution < -0.4 is 5.32 Å². The number of rotatable bonds is 5. The zero-order chi connectivity index (χ0) is 13.8. The van der Waals surface area contributed by atoms with Crippen molar-refractivity contribution in [1.29, 1.82) is 0 Å². The minimum Gasteiger partial charge on any atom is -0.338 e. The molecule has 0 radical (unpaired) electrons. The van der Waals surface area contributed by atoms with Gasteiger partial charge in [0, 0.05) is 16.5 Å². The number of nitrogens with zero attached hydrogens (tertiary/aromatic N) is 2. The summed E-state index contributed by atoms with van der Waals surface area (Å²) >= 11 is 1.73. The molecule has 1 aliphatic rings. The summed E-state index contributed by atoms with van der Waals surface area (Å²) in [4.78, 5) is 5.69. The first-order valence-corrected chi connectivity index (χ1v) is 8.28. The van der Waals surface area contributed by atoms with Gasteiger partial charge in [-0.2, -0.15) is 4.98 Å². The average molecular weight is 289 g/mol. The van der Waals surface area contributed by atoms with Crippen molar-refractivity contribution < 1.29 is 4.52 Å². The van der Waals surface area contributed by atoms with Gasteiger partial charge in [-0.15, -0.1) is 11.8 Å². The van der Waals surface area contributed by atoms with Gasteiger partial charge in [0.05, 0.1) is 6.54 Å². The Morgan fingerprint density at radius 2 is 2.00 bits per heavy atom. The van der Waals surface area contributed by atoms with Crippen LogP contribution in [0.1, 0.15) is 31.6 Å². The average Bonchev–Trinajstić information content (AvgIpc) is 3.17. The second-order valence-electron chi connectivity index (χ2n) is 5.10. The van der Waals surface area contributed by atoms with E-state index in [0.29, 0.717) is 24.3 Å². The molecule has 2 aromatic rings. The maximum Gasteiger partial charge on any atom is 0.240 e. The molecule has 1 aromatic carbocycles. The molecule has 0 unspecified atom stereocenters. The van der Waals surface area contributed by atoms with Gasteiger partial charge in [-0.1, -0.05) is 18.0 Å². The lowest BCUT2D eigenvalue weighted by molar-refractivity contribution is 0.357. The Morgan fingerprint density at radius 3 is 2.70 bits per heavy atom. The number of nitrogens with one attached hydrogen (secondary N) is 1. The van der Waals surface area contributed by atoms with Crippen molar-refractivity contribution in [3.63, 3.8) is 0 Å². The number of benzene rings is 1. The summed E-state index contributed by atoms with van der Waals surface area (Å²) in [6.45, 7) is 0.667. The first kappa shape index (κ1) is 13.6. The highest BCUT2D eigenvalue weighted by Crippen LogP contribution is 2.21. The van der Waals surface area contributed by atoms with Crippen LogP contribution in [0.5, 0.6) is 0 Å². The Kier molecular flexibility index (Phi) is 4.38. The molecule has 1 saturated carbocycles. The summed E-state index contributed by atoms with van der Waals surface area (Å²) in [5.41, 5.74) is 0.999. The Hall–Kier alpha value is -1.33. The fourth-order valence-electron chi connectivity index (χ4n) is 2.55. The summed E-state index contributed by atoms with van der Waals surface area (Å²) in [7, 11) is 0. The molecule has 1 heterocycles. The van der Waals surface area contributed by atoms with E-state index in [9.17, 15) is 0 Å². The van der Waals surface area contributed by atoms with Gasteiger partial charge in [-0.05, 0) is 43.4 Å². The highest BCUT2D eigenvalue weighted by molar-refractivity contribution is 7.98. The molecule has 0 amide bonds. The second-order valence-corrected chi connectivity index (χ2v) is 5.98. The maximum atomic E-state index is 5.31. The van der Waals surface area contributed by atoms with E-state index in [2.05, 4.69) is 33.8 Å². The van der Waals surface area contributed by atoms with Crippen LogP contribution in [0, 0.1) is 0 Å². The maximum absolute atomic E-state index is 5.31. The first-order valence-electron chi connectivity index (χ1n) is 7.05. The molecule has 0 atom stereocenters. The monoisotopic (exact) mass is 289 g/mol. The second kappa shape index (κ2) is 6.41. The van der Waals surface area contributed by atoms with Crippen LogP contribution in [-0.2, 0) is 6.54 Å². The lowest BCUT2D eigenvalue weighted by Gasteiger charge is -2.08. The highest BCUT2D eigenvalue weighted by atomic mass is 32.2. The minimum absolute atomic E-state index is 0.617. The third-order valence-electron chi connectivity index (χ3n) is 3.71.